The van der Waals surface area contributed by atoms with Gasteiger partial charge in [0.2, 0.25) is 6.23 Å². The third-order valence-electron chi connectivity index (χ3n) is 2.39. The van der Waals surface area contributed by atoms with Gasteiger partial charge in [-0.2, -0.15) is 0 Å². The van der Waals surface area contributed by atoms with Crippen LogP contribution in [0.3, 0.4) is 0 Å². The Morgan fingerprint density at radius 1 is 1.26 bits per heavy atom. The molecule has 0 fully saturated rings. The molecule has 0 saturated carbocycles. The van der Waals surface area contributed by atoms with E-state index in [0.717, 1.165) is 4.90 Å². The van der Waals surface area contributed by atoms with Gasteiger partial charge in [-0.3, -0.25) is 4.90 Å². The van der Waals surface area contributed by atoms with Gasteiger partial charge in [-0.1, -0.05) is 0 Å². The van der Waals surface area contributed by atoms with Crippen LogP contribution in [0.5, 0.6) is 0 Å². The first-order valence-electron chi connectivity index (χ1n) is 5.39. The molecule has 7 heteroatoms. The normalized spacial score (nSPS) is 11.6. The molecule has 1 rings (SSSR count). The number of anilines is 1. The molecule has 6 nitrogen and oxygen atoms in total. The maximum Gasteiger partial charge on any atom is 0.356 e. The molecule has 0 aliphatic carbocycles. The van der Waals surface area contributed by atoms with Crippen LogP contribution in [0.4, 0.5) is 14.9 Å². The van der Waals surface area contributed by atoms with Crippen molar-refractivity contribution >= 4 is 17.7 Å². The van der Waals surface area contributed by atoms with E-state index < -0.39 is 24.0 Å². The summed E-state index contributed by atoms with van der Waals surface area (Å²) in [5, 5.41) is 2.50. The van der Waals surface area contributed by atoms with E-state index in [0.29, 0.717) is 5.69 Å². The molecule has 1 unspecified atom stereocenters. The second-order valence-corrected chi connectivity index (χ2v) is 3.66. The van der Waals surface area contributed by atoms with Crippen LogP contribution in [0.2, 0.25) is 0 Å². The van der Waals surface area contributed by atoms with Crippen molar-refractivity contribution in [3.63, 3.8) is 0 Å². The van der Waals surface area contributed by atoms with Crippen LogP contribution in [0.25, 0.3) is 0 Å². The first-order valence-corrected chi connectivity index (χ1v) is 5.39. The number of carbonyl (C=O) groups excluding carboxylic acids is 2. The highest BCUT2D eigenvalue weighted by Crippen LogP contribution is 2.10. The lowest BCUT2D eigenvalue weighted by Crippen LogP contribution is -2.46. The zero-order valence-electron chi connectivity index (χ0n) is 10.8. The number of urea groups is 1. The van der Waals surface area contributed by atoms with Crippen molar-refractivity contribution in [3.8, 4) is 0 Å². The number of methoxy groups -OCH3 is 2. The molecule has 1 aromatic carbocycles. The zero-order chi connectivity index (χ0) is 14.4. The zero-order valence-corrected chi connectivity index (χ0v) is 10.8. The van der Waals surface area contributed by atoms with Crippen molar-refractivity contribution in [3.05, 3.63) is 30.1 Å². The van der Waals surface area contributed by atoms with E-state index in [1.165, 1.54) is 45.5 Å². The lowest BCUT2D eigenvalue weighted by molar-refractivity contribution is -0.160. The van der Waals surface area contributed by atoms with Gasteiger partial charge in [-0.15, -0.1) is 0 Å². The molecule has 0 heterocycles. The average molecular weight is 270 g/mol. The number of benzene rings is 1. The number of hydrogen-bond donors (Lipinski definition) is 1. The van der Waals surface area contributed by atoms with Crippen LogP contribution in [0.15, 0.2) is 24.3 Å². The largest absolute Gasteiger partial charge is 0.466 e. The van der Waals surface area contributed by atoms with Gasteiger partial charge in [-0.25, -0.2) is 14.0 Å². The summed E-state index contributed by atoms with van der Waals surface area (Å²) in [6.07, 6.45) is -1.15. The van der Waals surface area contributed by atoms with Gasteiger partial charge in [0.25, 0.3) is 0 Å². The Balaban J connectivity index is 2.71. The van der Waals surface area contributed by atoms with Gasteiger partial charge in [0.1, 0.15) is 5.82 Å². The Hall–Kier alpha value is -2.15. The number of carbonyl (C=O) groups is 2. The lowest BCUT2D eigenvalue weighted by atomic mass is 10.3. The van der Waals surface area contributed by atoms with Crippen LogP contribution in [-0.4, -0.2) is 44.4 Å². The molecule has 0 aliphatic heterocycles. The van der Waals surface area contributed by atoms with Crippen molar-refractivity contribution in [2.24, 2.45) is 0 Å². The second-order valence-electron chi connectivity index (χ2n) is 3.66. The molecule has 104 valence electrons. The van der Waals surface area contributed by atoms with Crippen molar-refractivity contribution in [2.45, 2.75) is 6.23 Å². The number of ether oxygens (including phenoxy) is 2. The topological polar surface area (TPSA) is 67.9 Å². The fourth-order valence-electron chi connectivity index (χ4n) is 1.36. The Morgan fingerprint density at radius 3 is 2.32 bits per heavy atom. The van der Waals surface area contributed by atoms with Crippen LogP contribution in [0, 0.1) is 5.82 Å². The van der Waals surface area contributed by atoms with Gasteiger partial charge >= 0.3 is 12.0 Å². The van der Waals surface area contributed by atoms with E-state index in [-0.39, 0.29) is 0 Å². The first-order chi connectivity index (χ1) is 8.99. The molecule has 0 spiro atoms. The molecule has 19 heavy (non-hydrogen) atoms. The highest BCUT2D eigenvalue weighted by molar-refractivity contribution is 5.91. The fourth-order valence-corrected chi connectivity index (χ4v) is 1.36. The minimum Gasteiger partial charge on any atom is -0.466 e. The van der Waals surface area contributed by atoms with Gasteiger partial charge < -0.3 is 14.8 Å². The number of esters is 1. The van der Waals surface area contributed by atoms with Crippen LogP contribution in [0.1, 0.15) is 0 Å². The Kier molecular flexibility index (Phi) is 5.25. The summed E-state index contributed by atoms with van der Waals surface area (Å²) >= 11 is 0. The number of nitrogens with zero attached hydrogens (tertiary/aromatic N) is 1. The van der Waals surface area contributed by atoms with E-state index in [4.69, 9.17) is 4.74 Å². The summed E-state index contributed by atoms with van der Waals surface area (Å²) in [4.78, 5) is 24.3. The molecule has 2 amide bonds. The number of likely N-dealkylation sites (N-methyl/N-ethyl adjacent to an activating group) is 1. The molecule has 0 bridgehead atoms. The number of amides is 2. The Morgan fingerprint density at radius 2 is 1.84 bits per heavy atom. The molecule has 1 N–H and O–H groups in total. The minimum absolute atomic E-state index is 0.401. The minimum atomic E-state index is -1.15. The second kappa shape index (κ2) is 6.69. The number of hydrogen-bond acceptors (Lipinski definition) is 4. The third-order valence-corrected chi connectivity index (χ3v) is 2.39. The highest BCUT2D eigenvalue weighted by atomic mass is 19.1. The quantitative estimate of drug-likeness (QED) is 0.664. The molecule has 0 aromatic heterocycles. The summed E-state index contributed by atoms with van der Waals surface area (Å²) in [7, 11) is 3.85. The molecule has 1 atom stereocenters. The standard InChI is InChI=1S/C12H15FN2O4/c1-15(10(18-2)11(16)19-3)12(17)14-9-6-4-8(13)5-7-9/h4-7,10H,1-3H3,(H,14,17). The van der Waals surface area contributed by atoms with E-state index >= 15 is 0 Å². The van der Waals surface area contributed by atoms with Gasteiger partial charge in [0.05, 0.1) is 7.11 Å². The van der Waals surface area contributed by atoms with E-state index in [1.807, 2.05) is 0 Å². The summed E-state index contributed by atoms with van der Waals surface area (Å²) in [6, 6.07) is 4.65. The molecular weight excluding hydrogens is 255 g/mol. The van der Waals surface area contributed by atoms with Crippen LogP contribution >= 0.6 is 0 Å². The third kappa shape index (κ3) is 3.92. The number of halogens is 1. The fraction of sp³-hybridized carbons (Fsp3) is 0.333. The van der Waals surface area contributed by atoms with E-state index in [9.17, 15) is 14.0 Å². The maximum atomic E-state index is 12.7. The number of nitrogens with one attached hydrogen (secondary N) is 1. The molecule has 1 aromatic rings. The number of rotatable bonds is 4. The predicted octanol–water partition coefficient (Wildman–Crippen LogP) is 1.43. The van der Waals surface area contributed by atoms with Crippen LogP contribution < -0.4 is 5.32 Å². The van der Waals surface area contributed by atoms with Crippen molar-refractivity contribution < 1.29 is 23.5 Å². The van der Waals surface area contributed by atoms with Gasteiger partial charge in [-0.05, 0) is 24.3 Å². The van der Waals surface area contributed by atoms with E-state index in [1.54, 1.807) is 0 Å². The van der Waals surface area contributed by atoms with Crippen molar-refractivity contribution in [2.75, 3.05) is 26.6 Å². The lowest BCUT2D eigenvalue weighted by Gasteiger charge is -2.24. The maximum absolute atomic E-state index is 12.7. The molecule has 0 radical (unpaired) electrons. The summed E-state index contributed by atoms with van der Waals surface area (Å²) < 4.78 is 22.1. The van der Waals surface area contributed by atoms with Crippen LogP contribution in [-0.2, 0) is 14.3 Å². The summed E-state index contributed by atoms with van der Waals surface area (Å²) in [5.41, 5.74) is 0.401. The van der Waals surface area contributed by atoms with Gasteiger partial charge in [0, 0.05) is 19.8 Å². The summed E-state index contributed by atoms with van der Waals surface area (Å²) in [5.74, 6) is -1.10. The van der Waals surface area contributed by atoms with E-state index in [2.05, 4.69) is 10.1 Å². The van der Waals surface area contributed by atoms with Crippen molar-refractivity contribution in [1.29, 1.82) is 0 Å². The smallest absolute Gasteiger partial charge is 0.356 e. The Labute approximate surface area is 110 Å². The predicted molar refractivity (Wildman–Crippen MR) is 66.0 cm³/mol. The SMILES string of the molecule is COC(=O)C(OC)N(C)C(=O)Nc1ccc(F)cc1. The molecule has 0 saturated heterocycles. The monoisotopic (exact) mass is 270 g/mol. The Bertz CT molecular complexity index is 450. The molecule has 0 aliphatic rings. The van der Waals surface area contributed by atoms with Crippen molar-refractivity contribution in [1.82, 2.24) is 4.90 Å². The first kappa shape index (κ1) is 14.9. The van der Waals surface area contributed by atoms with Gasteiger partial charge in [0.15, 0.2) is 0 Å². The average Bonchev–Trinajstić information content (AvgIpc) is 2.41. The summed E-state index contributed by atoms with van der Waals surface area (Å²) in [6.45, 7) is 0. The molecular formula is C12H15FN2O4. The highest BCUT2D eigenvalue weighted by Gasteiger charge is 2.27.